The van der Waals surface area contributed by atoms with Crippen LogP contribution in [0.5, 0.6) is 0 Å². The van der Waals surface area contributed by atoms with Crippen molar-refractivity contribution in [3.05, 3.63) is 46.1 Å². The van der Waals surface area contributed by atoms with E-state index in [9.17, 15) is 0 Å². The fraction of sp³-hybridized carbons (Fsp3) is 0.333. The maximum atomic E-state index is 6.37. The normalized spacial score (nSPS) is 15.3. The first-order valence-electron chi connectivity index (χ1n) is 8.11. The molecule has 1 saturated heterocycles. The summed E-state index contributed by atoms with van der Waals surface area (Å²) < 4.78 is 0. The molecule has 1 fully saturated rings. The Labute approximate surface area is 150 Å². The SMILES string of the molecule is Cc1nc(N2CCN(c3cc4ccccc4c(Cl)n3)CC2)sc1C. The molecule has 1 aliphatic rings. The van der Waals surface area contributed by atoms with Crippen LogP contribution in [0.2, 0.25) is 5.15 Å². The molecule has 0 atom stereocenters. The van der Waals surface area contributed by atoms with Crippen molar-refractivity contribution < 1.29 is 0 Å². The molecule has 4 nitrogen and oxygen atoms in total. The van der Waals surface area contributed by atoms with Crippen LogP contribution in [0.4, 0.5) is 10.9 Å². The van der Waals surface area contributed by atoms with Gasteiger partial charge >= 0.3 is 0 Å². The number of thiazole rings is 1. The topological polar surface area (TPSA) is 32.3 Å². The summed E-state index contributed by atoms with van der Waals surface area (Å²) in [6, 6.07) is 10.3. The summed E-state index contributed by atoms with van der Waals surface area (Å²) in [7, 11) is 0. The van der Waals surface area contributed by atoms with Crippen LogP contribution < -0.4 is 9.80 Å². The molecule has 0 saturated carbocycles. The highest BCUT2D eigenvalue weighted by molar-refractivity contribution is 7.15. The highest BCUT2D eigenvalue weighted by Gasteiger charge is 2.21. The van der Waals surface area contributed by atoms with E-state index in [2.05, 4.69) is 45.7 Å². The molecule has 0 bridgehead atoms. The van der Waals surface area contributed by atoms with E-state index in [4.69, 9.17) is 11.6 Å². The fourth-order valence-corrected chi connectivity index (χ4v) is 4.24. The second kappa shape index (κ2) is 6.22. The molecule has 0 radical (unpaired) electrons. The highest BCUT2D eigenvalue weighted by atomic mass is 35.5. The van der Waals surface area contributed by atoms with Gasteiger partial charge in [-0.15, -0.1) is 11.3 Å². The Kier molecular flexibility index (Phi) is 4.06. The number of aryl methyl sites for hydroxylation is 2. The maximum absolute atomic E-state index is 6.37. The van der Waals surface area contributed by atoms with Gasteiger partial charge in [0, 0.05) is 36.4 Å². The number of hydrogen-bond donors (Lipinski definition) is 0. The number of piperazine rings is 1. The number of anilines is 2. The van der Waals surface area contributed by atoms with Gasteiger partial charge in [0.25, 0.3) is 0 Å². The van der Waals surface area contributed by atoms with Crippen LogP contribution in [0.3, 0.4) is 0 Å². The predicted molar refractivity (Wildman–Crippen MR) is 103 cm³/mol. The molecule has 0 N–H and O–H groups in total. The first-order chi connectivity index (χ1) is 11.6. The zero-order valence-electron chi connectivity index (χ0n) is 13.8. The van der Waals surface area contributed by atoms with Crippen molar-refractivity contribution in [1.29, 1.82) is 0 Å². The van der Waals surface area contributed by atoms with Crippen LogP contribution in [-0.4, -0.2) is 36.1 Å². The molecule has 3 heterocycles. The van der Waals surface area contributed by atoms with Crippen LogP contribution in [0.1, 0.15) is 10.6 Å². The van der Waals surface area contributed by atoms with Gasteiger partial charge in [-0.1, -0.05) is 35.9 Å². The molecule has 0 aliphatic carbocycles. The van der Waals surface area contributed by atoms with E-state index in [0.29, 0.717) is 5.15 Å². The molecule has 0 spiro atoms. The van der Waals surface area contributed by atoms with Crippen molar-refractivity contribution >= 4 is 44.7 Å². The van der Waals surface area contributed by atoms with E-state index >= 15 is 0 Å². The average molecular weight is 359 g/mol. The van der Waals surface area contributed by atoms with Crippen LogP contribution in [0.15, 0.2) is 30.3 Å². The minimum Gasteiger partial charge on any atom is -0.353 e. The summed E-state index contributed by atoms with van der Waals surface area (Å²) in [5, 5.41) is 3.86. The molecule has 0 amide bonds. The van der Waals surface area contributed by atoms with Gasteiger partial charge in [-0.3, -0.25) is 0 Å². The molecule has 3 aromatic rings. The Balaban J connectivity index is 1.53. The van der Waals surface area contributed by atoms with Gasteiger partial charge < -0.3 is 9.80 Å². The summed E-state index contributed by atoms with van der Waals surface area (Å²) in [4.78, 5) is 15.3. The minimum atomic E-state index is 0.580. The van der Waals surface area contributed by atoms with E-state index in [-0.39, 0.29) is 0 Å². The zero-order valence-corrected chi connectivity index (χ0v) is 15.4. The fourth-order valence-electron chi connectivity index (χ4n) is 3.02. The Hall–Kier alpha value is -1.85. The smallest absolute Gasteiger partial charge is 0.185 e. The third-order valence-electron chi connectivity index (χ3n) is 4.57. The molecule has 1 aromatic carbocycles. The number of hydrogen-bond acceptors (Lipinski definition) is 5. The molecular weight excluding hydrogens is 340 g/mol. The summed E-state index contributed by atoms with van der Waals surface area (Å²) in [6.07, 6.45) is 0. The third-order valence-corrected chi connectivity index (χ3v) is 5.99. The van der Waals surface area contributed by atoms with E-state index in [1.807, 2.05) is 18.2 Å². The minimum absolute atomic E-state index is 0.580. The Morgan fingerprint density at radius 3 is 2.42 bits per heavy atom. The first-order valence-corrected chi connectivity index (χ1v) is 9.30. The highest BCUT2D eigenvalue weighted by Crippen LogP contribution is 2.29. The van der Waals surface area contributed by atoms with Crippen molar-refractivity contribution in [1.82, 2.24) is 9.97 Å². The lowest BCUT2D eigenvalue weighted by atomic mass is 10.1. The summed E-state index contributed by atoms with van der Waals surface area (Å²) in [6.45, 7) is 7.98. The molecular formula is C18H19ClN4S. The van der Waals surface area contributed by atoms with Crippen molar-refractivity contribution in [2.45, 2.75) is 13.8 Å². The Morgan fingerprint density at radius 2 is 1.71 bits per heavy atom. The predicted octanol–water partition coefficient (Wildman–Crippen LogP) is 4.29. The molecule has 4 rings (SSSR count). The summed E-state index contributed by atoms with van der Waals surface area (Å²) in [5.41, 5.74) is 1.14. The molecule has 24 heavy (non-hydrogen) atoms. The number of pyridine rings is 1. The molecule has 0 unspecified atom stereocenters. The van der Waals surface area contributed by atoms with E-state index in [1.54, 1.807) is 11.3 Å². The van der Waals surface area contributed by atoms with Crippen LogP contribution in [0, 0.1) is 13.8 Å². The van der Waals surface area contributed by atoms with Crippen LogP contribution >= 0.6 is 22.9 Å². The van der Waals surface area contributed by atoms with Gasteiger partial charge in [0.2, 0.25) is 0 Å². The molecule has 6 heteroatoms. The quantitative estimate of drug-likeness (QED) is 0.640. The number of aromatic nitrogens is 2. The van der Waals surface area contributed by atoms with Crippen LogP contribution in [0.25, 0.3) is 10.8 Å². The van der Waals surface area contributed by atoms with Crippen molar-refractivity contribution in [3.63, 3.8) is 0 Å². The van der Waals surface area contributed by atoms with Gasteiger partial charge in [0.1, 0.15) is 11.0 Å². The molecule has 2 aromatic heterocycles. The third kappa shape index (κ3) is 2.82. The molecule has 1 aliphatic heterocycles. The van der Waals surface area contributed by atoms with Gasteiger partial charge in [-0.05, 0) is 25.3 Å². The lowest BCUT2D eigenvalue weighted by Gasteiger charge is -2.35. The first kappa shape index (κ1) is 15.7. The zero-order chi connectivity index (χ0) is 16.7. The van der Waals surface area contributed by atoms with Gasteiger partial charge in [0.05, 0.1) is 5.69 Å². The van der Waals surface area contributed by atoms with E-state index in [0.717, 1.165) is 53.6 Å². The van der Waals surface area contributed by atoms with Crippen molar-refractivity contribution in [2.24, 2.45) is 0 Å². The standard InChI is InChI=1S/C18H19ClN4S/c1-12-13(2)24-18(20-12)23-9-7-22(8-10-23)16-11-14-5-3-4-6-15(14)17(19)21-16/h3-6,11H,7-10H2,1-2H3. The summed E-state index contributed by atoms with van der Waals surface area (Å²) in [5.74, 6) is 0.963. The maximum Gasteiger partial charge on any atom is 0.185 e. The average Bonchev–Trinajstić information content (AvgIpc) is 2.94. The van der Waals surface area contributed by atoms with E-state index in [1.165, 1.54) is 4.88 Å². The van der Waals surface area contributed by atoms with Gasteiger partial charge in [-0.25, -0.2) is 9.97 Å². The van der Waals surface area contributed by atoms with Gasteiger partial charge in [0.15, 0.2) is 5.13 Å². The number of rotatable bonds is 2. The van der Waals surface area contributed by atoms with E-state index < -0.39 is 0 Å². The second-order valence-corrected chi connectivity index (χ2v) is 7.64. The van der Waals surface area contributed by atoms with Crippen molar-refractivity contribution in [2.75, 3.05) is 36.0 Å². The second-order valence-electron chi connectivity index (χ2n) is 6.10. The number of halogens is 1. The number of nitrogens with zero attached hydrogens (tertiary/aromatic N) is 4. The lowest BCUT2D eigenvalue weighted by molar-refractivity contribution is 0.646. The van der Waals surface area contributed by atoms with Crippen molar-refractivity contribution in [3.8, 4) is 0 Å². The number of benzene rings is 1. The van der Waals surface area contributed by atoms with Crippen LogP contribution in [-0.2, 0) is 0 Å². The largest absolute Gasteiger partial charge is 0.353 e. The van der Waals surface area contributed by atoms with Gasteiger partial charge in [-0.2, -0.15) is 0 Å². The Morgan fingerprint density at radius 1 is 1.00 bits per heavy atom. The number of fused-ring (bicyclic) bond motifs is 1. The lowest BCUT2D eigenvalue weighted by Crippen LogP contribution is -2.46. The summed E-state index contributed by atoms with van der Waals surface area (Å²) >= 11 is 8.15. The Bertz CT molecular complexity index is 864. The monoisotopic (exact) mass is 358 g/mol. The molecule has 124 valence electrons.